The van der Waals surface area contributed by atoms with Crippen LogP contribution >= 0.6 is 0 Å². The van der Waals surface area contributed by atoms with Gasteiger partial charge in [-0.25, -0.2) is 0 Å². The normalized spacial score (nSPS) is 13.8. The van der Waals surface area contributed by atoms with Crippen molar-refractivity contribution in [1.82, 2.24) is 5.32 Å². The molecular formula is C15H23NO3. The van der Waals surface area contributed by atoms with Crippen LogP contribution in [0.15, 0.2) is 30.3 Å². The second kappa shape index (κ2) is 8.67. The molecule has 0 radical (unpaired) electrons. The molecule has 0 saturated carbocycles. The summed E-state index contributed by atoms with van der Waals surface area (Å²) in [6.45, 7) is 2.03. The summed E-state index contributed by atoms with van der Waals surface area (Å²) in [6.07, 6.45) is 2.68. The highest BCUT2D eigenvalue weighted by molar-refractivity contribution is 5.75. The highest BCUT2D eigenvalue weighted by Gasteiger charge is 2.22. The minimum Gasteiger partial charge on any atom is -0.468 e. The van der Waals surface area contributed by atoms with Gasteiger partial charge in [0.05, 0.1) is 19.8 Å². The van der Waals surface area contributed by atoms with Crippen LogP contribution in [0.3, 0.4) is 0 Å². The summed E-state index contributed by atoms with van der Waals surface area (Å²) in [5.41, 5.74) is 0.968. The van der Waals surface area contributed by atoms with Gasteiger partial charge in [-0.15, -0.1) is 0 Å². The molecule has 0 saturated heterocycles. The predicted molar refractivity (Wildman–Crippen MR) is 74.7 cm³/mol. The third-order valence-corrected chi connectivity index (χ3v) is 3.12. The zero-order valence-electron chi connectivity index (χ0n) is 11.6. The molecule has 0 bridgehead atoms. The number of nitrogens with one attached hydrogen (secondary N) is 1. The van der Waals surface area contributed by atoms with E-state index in [1.54, 1.807) is 0 Å². The quantitative estimate of drug-likeness (QED) is 0.706. The molecule has 4 nitrogen and oxygen atoms in total. The number of aliphatic hydroxyl groups excluding tert-OH is 1. The molecule has 0 aliphatic rings. The minimum atomic E-state index is -0.373. The van der Waals surface area contributed by atoms with Crippen LogP contribution in [-0.2, 0) is 9.53 Å². The van der Waals surface area contributed by atoms with Crippen molar-refractivity contribution >= 4 is 5.97 Å². The van der Waals surface area contributed by atoms with E-state index in [1.807, 2.05) is 30.3 Å². The number of carbonyl (C=O) groups excluding carboxylic acids is 1. The second-order valence-electron chi connectivity index (χ2n) is 4.53. The summed E-state index contributed by atoms with van der Waals surface area (Å²) < 4.78 is 4.81. The average Bonchev–Trinajstić information content (AvgIpc) is 2.47. The standard InChI is InChI=1S/C15H23NO3/c1-3-4-10-13(15(18)19-2)16-14(11-17)12-8-6-5-7-9-12/h5-9,13-14,16-17H,3-4,10-11H2,1-2H3. The first-order valence-corrected chi connectivity index (χ1v) is 6.72. The Hall–Kier alpha value is -1.39. The van der Waals surface area contributed by atoms with Crippen molar-refractivity contribution in [2.75, 3.05) is 13.7 Å². The highest BCUT2D eigenvalue weighted by Crippen LogP contribution is 2.14. The van der Waals surface area contributed by atoms with Gasteiger partial charge in [-0.3, -0.25) is 10.1 Å². The summed E-state index contributed by atoms with van der Waals surface area (Å²) in [6, 6.07) is 9.00. The van der Waals surface area contributed by atoms with Gasteiger partial charge in [0.25, 0.3) is 0 Å². The lowest BCUT2D eigenvalue weighted by atomic mass is 10.0. The van der Waals surface area contributed by atoms with E-state index in [9.17, 15) is 9.90 Å². The van der Waals surface area contributed by atoms with E-state index in [4.69, 9.17) is 4.74 Å². The highest BCUT2D eigenvalue weighted by atomic mass is 16.5. The van der Waals surface area contributed by atoms with E-state index >= 15 is 0 Å². The minimum absolute atomic E-state index is 0.0520. The van der Waals surface area contributed by atoms with Gasteiger partial charge in [0, 0.05) is 0 Å². The molecule has 0 amide bonds. The van der Waals surface area contributed by atoms with Crippen molar-refractivity contribution in [3.8, 4) is 0 Å². The number of hydrogen-bond acceptors (Lipinski definition) is 4. The fraction of sp³-hybridized carbons (Fsp3) is 0.533. The van der Waals surface area contributed by atoms with E-state index in [2.05, 4.69) is 12.2 Å². The Morgan fingerprint density at radius 2 is 2.05 bits per heavy atom. The molecule has 1 rings (SSSR count). The number of unbranched alkanes of at least 4 members (excludes halogenated alkanes) is 1. The largest absolute Gasteiger partial charge is 0.468 e. The summed E-state index contributed by atoms with van der Waals surface area (Å²) in [7, 11) is 1.39. The summed E-state index contributed by atoms with van der Waals surface area (Å²) >= 11 is 0. The molecule has 19 heavy (non-hydrogen) atoms. The van der Waals surface area contributed by atoms with E-state index in [-0.39, 0.29) is 24.7 Å². The van der Waals surface area contributed by atoms with Crippen LogP contribution in [0.5, 0.6) is 0 Å². The SMILES string of the molecule is CCCCC(NC(CO)c1ccccc1)C(=O)OC. The van der Waals surface area contributed by atoms with Gasteiger partial charge in [-0.2, -0.15) is 0 Å². The molecule has 2 unspecified atom stereocenters. The average molecular weight is 265 g/mol. The van der Waals surface area contributed by atoms with Gasteiger partial charge in [0.1, 0.15) is 6.04 Å². The Balaban J connectivity index is 2.72. The Bertz CT molecular complexity index is 367. The number of carbonyl (C=O) groups is 1. The van der Waals surface area contributed by atoms with Crippen LogP contribution < -0.4 is 5.32 Å². The molecule has 0 aliphatic carbocycles. The molecule has 0 aliphatic heterocycles. The zero-order chi connectivity index (χ0) is 14.1. The Labute approximate surface area is 114 Å². The maximum absolute atomic E-state index is 11.7. The van der Waals surface area contributed by atoms with Crippen LogP contribution in [0.2, 0.25) is 0 Å². The van der Waals surface area contributed by atoms with Crippen LogP contribution in [0.4, 0.5) is 0 Å². The van der Waals surface area contributed by atoms with Crippen LogP contribution in [0.25, 0.3) is 0 Å². The molecule has 106 valence electrons. The van der Waals surface area contributed by atoms with Gasteiger partial charge in [-0.1, -0.05) is 50.1 Å². The van der Waals surface area contributed by atoms with Crippen molar-refractivity contribution in [3.63, 3.8) is 0 Å². The van der Waals surface area contributed by atoms with Crippen molar-refractivity contribution in [1.29, 1.82) is 0 Å². The second-order valence-corrected chi connectivity index (χ2v) is 4.53. The third-order valence-electron chi connectivity index (χ3n) is 3.12. The van der Waals surface area contributed by atoms with Crippen LogP contribution in [0.1, 0.15) is 37.8 Å². The summed E-state index contributed by atoms with van der Waals surface area (Å²) in [4.78, 5) is 11.7. The Kier molecular flexibility index (Phi) is 7.15. The van der Waals surface area contributed by atoms with Gasteiger partial charge >= 0.3 is 5.97 Å². The summed E-state index contributed by atoms with van der Waals surface area (Å²) in [5.74, 6) is -0.275. The fourth-order valence-electron chi connectivity index (χ4n) is 2.00. The first kappa shape index (κ1) is 15.7. The van der Waals surface area contributed by atoms with Gasteiger partial charge in [0.2, 0.25) is 0 Å². The predicted octanol–water partition coefficient (Wildman–Crippen LogP) is 2.04. The van der Waals surface area contributed by atoms with Gasteiger partial charge in [0.15, 0.2) is 0 Å². The van der Waals surface area contributed by atoms with Gasteiger partial charge < -0.3 is 9.84 Å². The van der Waals surface area contributed by atoms with E-state index in [1.165, 1.54) is 7.11 Å². The Morgan fingerprint density at radius 3 is 2.58 bits per heavy atom. The van der Waals surface area contributed by atoms with E-state index in [0.717, 1.165) is 18.4 Å². The molecule has 0 heterocycles. The van der Waals surface area contributed by atoms with Crippen LogP contribution in [0, 0.1) is 0 Å². The number of methoxy groups -OCH3 is 1. The molecule has 2 atom stereocenters. The molecule has 1 aromatic rings. The third kappa shape index (κ3) is 5.01. The zero-order valence-corrected chi connectivity index (χ0v) is 11.6. The molecule has 2 N–H and O–H groups in total. The topological polar surface area (TPSA) is 58.6 Å². The number of hydrogen-bond donors (Lipinski definition) is 2. The van der Waals surface area contributed by atoms with Crippen LogP contribution in [-0.4, -0.2) is 30.8 Å². The lowest BCUT2D eigenvalue weighted by Crippen LogP contribution is -2.41. The number of rotatable bonds is 8. The maximum Gasteiger partial charge on any atom is 0.322 e. The lowest BCUT2D eigenvalue weighted by molar-refractivity contribution is -0.143. The fourth-order valence-corrected chi connectivity index (χ4v) is 2.00. The molecule has 0 aromatic heterocycles. The summed E-state index contributed by atoms with van der Waals surface area (Å²) in [5, 5.41) is 12.7. The molecular weight excluding hydrogens is 242 g/mol. The van der Waals surface area contributed by atoms with E-state index in [0.29, 0.717) is 6.42 Å². The van der Waals surface area contributed by atoms with Gasteiger partial charge in [-0.05, 0) is 12.0 Å². The monoisotopic (exact) mass is 265 g/mol. The lowest BCUT2D eigenvalue weighted by Gasteiger charge is -2.23. The maximum atomic E-state index is 11.7. The van der Waals surface area contributed by atoms with Crippen molar-refractivity contribution in [2.24, 2.45) is 0 Å². The first-order chi connectivity index (χ1) is 9.22. The molecule has 0 fully saturated rings. The number of aliphatic hydroxyl groups is 1. The molecule has 4 heteroatoms. The number of ether oxygens (including phenoxy) is 1. The smallest absolute Gasteiger partial charge is 0.322 e. The number of benzene rings is 1. The van der Waals surface area contributed by atoms with E-state index < -0.39 is 0 Å². The van der Waals surface area contributed by atoms with Crippen molar-refractivity contribution in [3.05, 3.63) is 35.9 Å². The van der Waals surface area contributed by atoms with Crippen molar-refractivity contribution in [2.45, 2.75) is 38.3 Å². The first-order valence-electron chi connectivity index (χ1n) is 6.72. The Morgan fingerprint density at radius 1 is 1.37 bits per heavy atom. The van der Waals surface area contributed by atoms with Crippen molar-refractivity contribution < 1.29 is 14.6 Å². The molecule has 0 spiro atoms. The number of esters is 1. The molecule has 1 aromatic carbocycles.